The van der Waals surface area contributed by atoms with E-state index >= 15 is 0 Å². The smallest absolute Gasteiger partial charge is 0.330 e. The number of rotatable bonds is 9. The molecule has 0 aliphatic carbocycles. The summed E-state index contributed by atoms with van der Waals surface area (Å²) < 4.78 is 47.0. The summed E-state index contributed by atoms with van der Waals surface area (Å²) in [6, 6.07) is 0. The van der Waals surface area contributed by atoms with E-state index in [1.807, 2.05) is 13.8 Å². The van der Waals surface area contributed by atoms with Crippen molar-refractivity contribution in [2.24, 2.45) is 16.7 Å². The van der Waals surface area contributed by atoms with Crippen LogP contribution in [0.3, 0.4) is 0 Å². The molecule has 3 saturated heterocycles. The molecule has 0 aromatic heterocycles. The number of ether oxygens (including phenoxy) is 8. The molecule has 4 heterocycles. The molecular weight excluding hydrogens is 824 g/mol. The summed E-state index contributed by atoms with van der Waals surface area (Å²) in [5.41, 5.74) is -1.97. The Labute approximate surface area is 370 Å². The van der Waals surface area contributed by atoms with Crippen LogP contribution >= 0.6 is 0 Å². The zero-order valence-corrected chi connectivity index (χ0v) is 38.5. The van der Waals surface area contributed by atoms with E-state index in [0.717, 1.165) is 6.08 Å². The second-order valence-electron chi connectivity index (χ2n) is 19.0. The molecule has 4 rings (SSSR count). The first-order chi connectivity index (χ1) is 29.3. The Morgan fingerprint density at radius 2 is 1.52 bits per heavy atom. The number of aliphatic hydroxyl groups is 4. The molecule has 0 aromatic rings. The minimum absolute atomic E-state index is 0.00780. The molecule has 4 N–H and O–H groups in total. The SMILES string of the molecule is CCCC(=O)O[C@H]1/C(=C/C(=O)OC)C[C@H]2C[C@H]([C@H](C)O)OC(=O)C[C@H](O)C[C@@H]3C[C@H](OC(=O)CC(C)C)C(C)(C)[C@](O)(C[C@@H]4C/C(=C\C(=O)OC)C[C@H](/C=C/C(C)(C)[C@]1(O)O2)O4)O3. The molecule has 3 fully saturated rings. The maximum atomic E-state index is 13.5. The van der Waals surface area contributed by atoms with E-state index < -0.39 is 114 Å². The van der Waals surface area contributed by atoms with Gasteiger partial charge in [0.25, 0.3) is 0 Å². The van der Waals surface area contributed by atoms with Gasteiger partial charge >= 0.3 is 29.8 Å². The average molecular weight is 895 g/mol. The van der Waals surface area contributed by atoms with Gasteiger partial charge in [0.15, 0.2) is 11.9 Å². The fourth-order valence-corrected chi connectivity index (χ4v) is 8.68. The number of fused-ring (bicyclic) bond motifs is 6. The normalized spacial score (nSPS) is 36.0. The summed E-state index contributed by atoms with van der Waals surface area (Å²) in [4.78, 5) is 65.1. The van der Waals surface area contributed by atoms with Crippen molar-refractivity contribution in [3.63, 3.8) is 0 Å². The summed E-state index contributed by atoms with van der Waals surface area (Å²) >= 11 is 0. The Balaban J connectivity index is 1.88. The lowest BCUT2D eigenvalue weighted by atomic mass is 9.70. The van der Waals surface area contributed by atoms with Gasteiger partial charge in [-0.25, -0.2) is 9.59 Å². The fourth-order valence-electron chi connectivity index (χ4n) is 8.68. The van der Waals surface area contributed by atoms with Crippen molar-refractivity contribution in [1.82, 2.24) is 0 Å². The van der Waals surface area contributed by atoms with E-state index in [2.05, 4.69) is 0 Å². The van der Waals surface area contributed by atoms with E-state index in [0.29, 0.717) is 12.0 Å². The number of esters is 5. The van der Waals surface area contributed by atoms with Crippen LogP contribution in [0.1, 0.15) is 126 Å². The topological polar surface area (TPSA) is 240 Å². The van der Waals surface area contributed by atoms with Crippen LogP contribution in [0.15, 0.2) is 35.5 Å². The van der Waals surface area contributed by atoms with Crippen LogP contribution < -0.4 is 0 Å². The molecular formula is C46H70O17. The quantitative estimate of drug-likeness (QED) is 0.110. The van der Waals surface area contributed by atoms with Gasteiger partial charge < -0.3 is 58.3 Å². The Bertz CT molecular complexity index is 1730. The van der Waals surface area contributed by atoms with E-state index in [4.69, 9.17) is 37.9 Å². The summed E-state index contributed by atoms with van der Waals surface area (Å²) in [6.07, 6.45) is -4.43. The molecule has 63 heavy (non-hydrogen) atoms. The maximum Gasteiger partial charge on any atom is 0.330 e. The first-order valence-electron chi connectivity index (χ1n) is 22.0. The third kappa shape index (κ3) is 13.2. The highest BCUT2D eigenvalue weighted by Crippen LogP contribution is 2.50. The van der Waals surface area contributed by atoms with Crippen molar-refractivity contribution >= 4 is 29.8 Å². The molecule has 17 heteroatoms. The molecule has 4 aliphatic heterocycles. The summed E-state index contributed by atoms with van der Waals surface area (Å²) in [5, 5.41) is 47.7. The highest BCUT2D eigenvalue weighted by Gasteiger charge is 2.59. The fraction of sp³-hybridized carbons (Fsp3) is 0.761. The van der Waals surface area contributed by atoms with Gasteiger partial charge in [0.1, 0.15) is 12.2 Å². The van der Waals surface area contributed by atoms with E-state index in [9.17, 15) is 44.4 Å². The number of hydrogen-bond acceptors (Lipinski definition) is 17. The van der Waals surface area contributed by atoms with Crippen LogP contribution in [0, 0.1) is 16.7 Å². The van der Waals surface area contributed by atoms with Crippen LogP contribution in [0.5, 0.6) is 0 Å². The van der Waals surface area contributed by atoms with Crippen LogP contribution in [-0.4, -0.2) is 131 Å². The van der Waals surface area contributed by atoms with Crippen LogP contribution in [0.4, 0.5) is 0 Å². The minimum atomic E-state index is -2.41. The second-order valence-corrected chi connectivity index (χ2v) is 19.0. The average Bonchev–Trinajstić information content (AvgIpc) is 3.16. The van der Waals surface area contributed by atoms with Gasteiger partial charge in [0, 0.05) is 56.1 Å². The number of aliphatic hydroxyl groups excluding tert-OH is 2. The number of hydrogen-bond donors (Lipinski definition) is 4. The predicted molar refractivity (Wildman–Crippen MR) is 224 cm³/mol. The van der Waals surface area contributed by atoms with Crippen LogP contribution in [0.25, 0.3) is 0 Å². The lowest BCUT2D eigenvalue weighted by Gasteiger charge is -2.54. The molecule has 356 valence electrons. The van der Waals surface area contributed by atoms with Crippen LogP contribution in [0.2, 0.25) is 0 Å². The molecule has 0 radical (unpaired) electrons. The van der Waals surface area contributed by atoms with Crippen LogP contribution in [-0.2, 0) is 61.9 Å². The second kappa shape index (κ2) is 21.5. The van der Waals surface area contributed by atoms with Gasteiger partial charge in [-0.15, -0.1) is 0 Å². The predicted octanol–water partition coefficient (Wildman–Crippen LogP) is 4.19. The van der Waals surface area contributed by atoms with E-state index in [1.54, 1.807) is 46.8 Å². The number of cyclic esters (lactones) is 1. The first kappa shape index (κ1) is 51.9. The van der Waals surface area contributed by atoms with Crippen molar-refractivity contribution in [2.45, 2.75) is 193 Å². The Morgan fingerprint density at radius 1 is 0.857 bits per heavy atom. The van der Waals surface area contributed by atoms with Gasteiger partial charge in [-0.1, -0.05) is 66.2 Å². The van der Waals surface area contributed by atoms with Gasteiger partial charge in [0.05, 0.1) is 62.7 Å². The standard InChI is InChI=1S/C46H70O17/c1-11-12-37(49)61-42-29(20-39(51)57-10)19-32-23-35(27(4)47)59-41(53)22-30(48)21-33-24-36(60-40(52)15-26(2)3)44(7,8)45(54,62-33)25-34-17-28(18-38(50)56-9)16-31(58-34)13-14-43(5,6)46(42,55)63-32/h13-14,18,20,26-27,30-36,42,47-48,54-55H,11-12,15-17,19,21-25H2,1-10H3/b14-13+,28-18-,29-20+/t27-,30+,31-,32-,33+,34-,35+,36-,42-,45-,46+/m0/s1. The third-order valence-corrected chi connectivity index (χ3v) is 12.5. The Morgan fingerprint density at radius 3 is 2.14 bits per heavy atom. The lowest BCUT2D eigenvalue weighted by molar-refractivity contribution is -0.349. The van der Waals surface area contributed by atoms with Crippen molar-refractivity contribution in [3.8, 4) is 0 Å². The molecule has 4 aliphatic rings. The highest BCUT2D eigenvalue weighted by atomic mass is 16.7. The van der Waals surface area contributed by atoms with E-state index in [-0.39, 0.29) is 69.3 Å². The highest BCUT2D eigenvalue weighted by molar-refractivity contribution is 5.83. The van der Waals surface area contributed by atoms with Crippen molar-refractivity contribution in [3.05, 3.63) is 35.5 Å². The number of carbonyl (C=O) groups is 5. The molecule has 0 amide bonds. The summed E-state index contributed by atoms with van der Waals surface area (Å²) in [7, 11) is 2.42. The Hall–Kier alpha value is -3.71. The molecule has 0 saturated carbocycles. The molecule has 0 spiro atoms. The van der Waals surface area contributed by atoms with Crippen molar-refractivity contribution < 1.29 is 82.3 Å². The Kier molecular flexibility index (Phi) is 17.7. The minimum Gasteiger partial charge on any atom is -0.466 e. The monoisotopic (exact) mass is 894 g/mol. The molecule has 6 bridgehead atoms. The van der Waals surface area contributed by atoms with Crippen molar-refractivity contribution in [2.75, 3.05) is 14.2 Å². The molecule has 0 unspecified atom stereocenters. The summed E-state index contributed by atoms with van der Waals surface area (Å²) in [5.74, 6) is -7.91. The van der Waals surface area contributed by atoms with Gasteiger partial charge in [-0.2, -0.15) is 0 Å². The first-order valence-corrected chi connectivity index (χ1v) is 22.0. The molecule has 11 atom stereocenters. The van der Waals surface area contributed by atoms with Crippen molar-refractivity contribution in [1.29, 1.82) is 0 Å². The lowest BCUT2D eigenvalue weighted by Crippen LogP contribution is -2.62. The van der Waals surface area contributed by atoms with E-state index in [1.165, 1.54) is 27.2 Å². The maximum absolute atomic E-state index is 13.5. The van der Waals surface area contributed by atoms with Gasteiger partial charge in [0.2, 0.25) is 5.79 Å². The molecule has 17 nitrogen and oxygen atoms in total. The zero-order chi connectivity index (χ0) is 47.1. The van der Waals surface area contributed by atoms with Gasteiger partial charge in [-0.3, -0.25) is 14.4 Å². The number of carbonyl (C=O) groups excluding carboxylic acids is 5. The zero-order valence-electron chi connectivity index (χ0n) is 38.5. The largest absolute Gasteiger partial charge is 0.466 e. The summed E-state index contributed by atoms with van der Waals surface area (Å²) in [6.45, 7) is 13.6. The van der Waals surface area contributed by atoms with Gasteiger partial charge in [-0.05, 0) is 44.1 Å². The molecule has 0 aromatic carbocycles. The third-order valence-electron chi connectivity index (χ3n) is 12.5. The number of methoxy groups -OCH3 is 2.